The number of rotatable bonds is 2. The summed E-state index contributed by atoms with van der Waals surface area (Å²) >= 11 is 0. The van der Waals surface area contributed by atoms with Gasteiger partial charge in [-0.2, -0.15) is 0 Å². The van der Waals surface area contributed by atoms with E-state index in [0.717, 1.165) is 54.6 Å². The van der Waals surface area contributed by atoms with Gasteiger partial charge in [-0.15, -0.1) is 5.10 Å². The first-order chi connectivity index (χ1) is 14.2. The molecule has 0 saturated carbocycles. The summed E-state index contributed by atoms with van der Waals surface area (Å²) in [4.78, 5) is 25.8. The van der Waals surface area contributed by atoms with Crippen LogP contribution in [0, 0.1) is 0 Å². The first kappa shape index (κ1) is 17.8. The number of amides is 1. The molecule has 5 rings (SSSR count). The number of hydrogen-bond donors (Lipinski definition) is 1. The fourth-order valence-electron chi connectivity index (χ4n) is 3.92. The third-order valence-electron chi connectivity index (χ3n) is 5.46. The summed E-state index contributed by atoms with van der Waals surface area (Å²) in [7, 11) is 0. The van der Waals surface area contributed by atoms with Crippen LogP contribution in [0.5, 0.6) is 0 Å². The lowest BCUT2D eigenvalue weighted by Gasteiger charge is -2.27. The number of anilines is 2. The van der Waals surface area contributed by atoms with E-state index in [0.29, 0.717) is 18.8 Å². The summed E-state index contributed by atoms with van der Waals surface area (Å²) in [6, 6.07) is 9.92. The predicted molar refractivity (Wildman–Crippen MR) is 111 cm³/mol. The van der Waals surface area contributed by atoms with Crippen molar-refractivity contribution in [3.63, 3.8) is 0 Å². The number of carbonyl (C=O) groups is 1. The lowest BCUT2D eigenvalue weighted by molar-refractivity contribution is -0.116. The van der Waals surface area contributed by atoms with E-state index >= 15 is 0 Å². The summed E-state index contributed by atoms with van der Waals surface area (Å²) in [5, 5.41) is 8.12. The van der Waals surface area contributed by atoms with Gasteiger partial charge in [-0.25, -0.2) is 14.6 Å². The Morgan fingerprint density at radius 1 is 1.10 bits per heavy atom. The van der Waals surface area contributed by atoms with Crippen molar-refractivity contribution in [2.75, 3.05) is 42.5 Å². The van der Waals surface area contributed by atoms with Crippen LogP contribution in [0.15, 0.2) is 42.7 Å². The smallest absolute Gasteiger partial charge is 0.225 e. The van der Waals surface area contributed by atoms with E-state index in [2.05, 4.69) is 15.2 Å². The number of nitrogens with one attached hydrogen (secondary N) is 1. The molecule has 1 amide bonds. The molecule has 1 saturated heterocycles. The molecule has 1 N–H and O–H groups in total. The molecule has 8 heteroatoms. The Kier molecular flexibility index (Phi) is 4.48. The van der Waals surface area contributed by atoms with Crippen molar-refractivity contribution in [2.24, 2.45) is 0 Å². The number of piperazine rings is 1. The molecule has 1 fully saturated rings. The number of fused-ring (bicyclic) bond motifs is 3. The monoisotopic (exact) mass is 389 g/mol. The van der Waals surface area contributed by atoms with Crippen molar-refractivity contribution in [1.29, 1.82) is 0 Å². The van der Waals surface area contributed by atoms with Crippen molar-refractivity contribution >= 4 is 17.7 Å². The fraction of sp³-hybridized carbons (Fsp3) is 0.333. The standard InChI is InChI=1S/C21H23N7O/c1-15(29)27-10-7-16-13-23-21(26-11-8-22-9-12-26)24-19(16)18-14-28(25-20(18)27)17-5-3-2-4-6-17/h2-6,13-14,22H,7-12H2,1H3. The van der Waals surface area contributed by atoms with Gasteiger partial charge in [-0.1, -0.05) is 18.2 Å². The number of benzene rings is 1. The quantitative estimate of drug-likeness (QED) is 0.718. The second kappa shape index (κ2) is 7.29. The highest BCUT2D eigenvalue weighted by Gasteiger charge is 2.28. The molecule has 0 atom stereocenters. The van der Waals surface area contributed by atoms with E-state index in [1.807, 2.05) is 47.4 Å². The van der Waals surface area contributed by atoms with E-state index < -0.39 is 0 Å². The minimum atomic E-state index is -0.0207. The molecule has 0 radical (unpaired) electrons. The van der Waals surface area contributed by atoms with Crippen LogP contribution in [0.1, 0.15) is 12.5 Å². The molecule has 4 heterocycles. The number of carbonyl (C=O) groups excluding carboxylic acids is 1. The maximum atomic E-state index is 12.4. The second-order valence-corrected chi connectivity index (χ2v) is 7.35. The highest BCUT2D eigenvalue weighted by atomic mass is 16.2. The Balaban J connectivity index is 1.64. The molecule has 3 aromatic rings. The van der Waals surface area contributed by atoms with Crippen LogP contribution in [0.4, 0.5) is 11.8 Å². The highest BCUT2D eigenvalue weighted by Crippen LogP contribution is 2.35. The minimum Gasteiger partial charge on any atom is -0.338 e. The molecule has 1 aromatic carbocycles. The molecule has 2 aromatic heterocycles. The lowest BCUT2D eigenvalue weighted by atomic mass is 10.1. The molecule has 8 nitrogen and oxygen atoms in total. The number of aromatic nitrogens is 4. The second-order valence-electron chi connectivity index (χ2n) is 7.35. The zero-order chi connectivity index (χ0) is 19.8. The van der Waals surface area contributed by atoms with Crippen molar-refractivity contribution in [1.82, 2.24) is 25.1 Å². The summed E-state index contributed by atoms with van der Waals surface area (Å²) in [6.07, 6.45) is 4.59. The van der Waals surface area contributed by atoms with Crippen molar-refractivity contribution in [2.45, 2.75) is 13.3 Å². The van der Waals surface area contributed by atoms with Crippen LogP contribution in [-0.2, 0) is 11.2 Å². The van der Waals surface area contributed by atoms with Crippen molar-refractivity contribution in [3.05, 3.63) is 48.3 Å². The SMILES string of the molecule is CC(=O)N1CCc2cnc(N3CCNCC3)nc2-c2cn(-c3ccccc3)nc21. The molecule has 148 valence electrons. The van der Waals surface area contributed by atoms with Crippen LogP contribution in [0.25, 0.3) is 16.9 Å². The average Bonchev–Trinajstić information content (AvgIpc) is 3.13. The maximum absolute atomic E-state index is 12.4. The number of nitrogens with zero attached hydrogens (tertiary/aromatic N) is 6. The van der Waals surface area contributed by atoms with E-state index in [1.54, 1.807) is 11.8 Å². The third kappa shape index (κ3) is 3.25. The van der Waals surface area contributed by atoms with Crippen LogP contribution in [0.2, 0.25) is 0 Å². The molecular weight excluding hydrogens is 366 g/mol. The predicted octanol–water partition coefficient (Wildman–Crippen LogP) is 1.65. The largest absolute Gasteiger partial charge is 0.338 e. The zero-order valence-electron chi connectivity index (χ0n) is 16.4. The van der Waals surface area contributed by atoms with E-state index in [-0.39, 0.29) is 5.91 Å². The normalized spacial score (nSPS) is 16.2. The Bertz CT molecular complexity index is 1040. The first-order valence-corrected chi connectivity index (χ1v) is 9.96. The molecule has 2 aliphatic heterocycles. The average molecular weight is 389 g/mol. The number of para-hydroxylation sites is 1. The van der Waals surface area contributed by atoms with Crippen LogP contribution in [0.3, 0.4) is 0 Å². The summed E-state index contributed by atoms with van der Waals surface area (Å²) in [6.45, 7) is 5.77. The molecule has 0 spiro atoms. The molecule has 29 heavy (non-hydrogen) atoms. The molecule has 0 bridgehead atoms. The Hall–Kier alpha value is -3.26. The van der Waals surface area contributed by atoms with Crippen LogP contribution >= 0.6 is 0 Å². The van der Waals surface area contributed by atoms with Gasteiger partial charge in [0.2, 0.25) is 11.9 Å². The van der Waals surface area contributed by atoms with E-state index in [9.17, 15) is 4.79 Å². The molecule has 0 unspecified atom stereocenters. The van der Waals surface area contributed by atoms with E-state index in [4.69, 9.17) is 10.1 Å². The lowest BCUT2D eigenvalue weighted by Crippen LogP contribution is -2.44. The van der Waals surface area contributed by atoms with Gasteiger partial charge in [0.25, 0.3) is 0 Å². The number of hydrogen-bond acceptors (Lipinski definition) is 6. The summed E-state index contributed by atoms with van der Waals surface area (Å²) < 4.78 is 1.82. The van der Waals surface area contributed by atoms with E-state index in [1.165, 1.54) is 0 Å². The molecular formula is C21H23N7O. The third-order valence-corrected chi connectivity index (χ3v) is 5.46. The Morgan fingerprint density at radius 2 is 1.90 bits per heavy atom. The summed E-state index contributed by atoms with van der Waals surface area (Å²) in [5.74, 6) is 1.37. The van der Waals surface area contributed by atoms with Crippen molar-refractivity contribution in [3.8, 4) is 16.9 Å². The fourth-order valence-corrected chi connectivity index (χ4v) is 3.92. The Morgan fingerprint density at radius 3 is 2.66 bits per heavy atom. The minimum absolute atomic E-state index is 0.0207. The van der Waals surface area contributed by atoms with Crippen LogP contribution < -0.4 is 15.1 Å². The van der Waals surface area contributed by atoms with Gasteiger partial charge in [0, 0.05) is 52.0 Å². The van der Waals surface area contributed by atoms with Gasteiger partial charge in [0.05, 0.1) is 16.9 Å². The Labute approximate surface area is 169 Å². The highest BCUT2D eigenvalue weighted by molar-refractivity contribution is 5.95. The van der Waals surface area contributed by atoms with Gasteiger partial charge in [-0.05, 0) is 24.1 Å². The van der Waals surface area contributed by atoms with Gasteiger partial charge in [0.1, 0.15) is 0 Å². The maximum Gasteiger partial charge on any atom is 0.225 e. The molecule has 0 aliphatic carbocycles. The van der Waals surface area contributed by atoms with Crippen LogP contribution in [-0.4, -0.2) is 58.4 Å². The topological polar surface area (TPSA) is 79.2 Å². The van der Waals surface area contributed by atoms with Gasteiger partial charge in [0.15, 0.2) is 5.82 Å². The van der Waals surface area contributed by atoms with Gasteiger partial charge >= 0.3 is 0 Å². The first-order valence-electron chi connectivity index (χ1n) is 9.96. The zero-order valence-corrected chi connectivity index (χ0v) is 16.4. The molecule has 2 aliphatic rings. The summed E-state index contributed by atoms with van der Waals surface area (Å²) in [5.41, 5.74) is 3.73. The van der Waals surface area contributed by atoms with Crippen molar-refractivity contribution < 1.29 is 4.79 Å². The van der Waals surface area contributed by atoms with Gasteiger partial charge < -0.3 is 10.2 Å². The van der Waals surface area contributed by atoms with Gasteiger partial charge in [-0.3, -0.25) is 9.69 Å².